The molecule has 2 rings (SSSR count). The Bertz CT molecular complexity index is 663. The fourth-order valence-electron chi connectivity index (χ4n) is 2.61. The monoisotopic (exact) mass is 342 g/mol. The number of aryl methyl sites for hydroxylation is 1. The molecule has 0 spiro atoms. The third-order valence-electron chi connectivity index (χ3n) is 4.02. The molecule has 0 amide bonds. The number of alkyl halides is 1. The Morgan fingerprint density at radius 3 is 1.79 bits per heavy atom. The molecule has 0 saturated carbocycles. The SMILES string of the molecule is Cc1c(F)cc(-c2c(F)cc(CCCCCCF)cc2F)cc1F. The predicted molar refractivity (Wildman–Crippen MR) is 84.6 cm³/mol. The number of halogens is 5. The van der Waals surface area contributed by atoms with Gasteiger partial charge in [0.25, 0.3) is 0 Å². The number of rotatable bonds is 7. The molecule has 0 unspecified atom stereocenters. The molecule has 0 heterocycles. The Kier molecular flexibility index (Phi) is 6.35. The van der Waals surface area contributed by atoms with Crippen molar-refractivity contribution in [2.75, 3.05) is 6.67 Å². The van der Waals surface area contributed by atoms with E-state index >= 15 is 0 Å². The second kappa shape index (κ2) is 8.27. The summed E-state index contributed by atoms with van der Waals surface area (Å²) in [4.78, 5) is 0. The van der Waals surface area contributed by atoms with Crippen molar-refractivity contribution in [2.24, 2.45) is 0 Å². The zero-order valence-corrected chi connectivity index (χ0v) is 13.4. The van der Waals surface area contributed by atoms with Crippen LogP contribution in [0.4, 0.5) is 22.0 Å². The van der Waals surface area contributed by atoms with Gasteiger partial charge in [-0.2, -0.15) is 0 Å². The number of hydrogen-bond donors (Lipinski definition) is 0. The Morgan fingerprint density at radius 1 is 0.708 bits per heavy atom. The van der Waals surface area contributed by atoms with Crippen LogP contribution in [0.15, 0.2) is 24.3 Å². The van der Waals surface area contributed by atoms with E-state index < -0.39 is 28.8 Å². The van der Waals surface area contributed by atoms with Gasteiger partial charge < -0.3 is 0 Å². The lowest BCUT2D eigenvalue weighted by Gasteiger charge is -2.10. The van der Waals surface area contributed by atoms with Crippen molar-refractivity contribution in [1.29, 1.82) is 0 Å². The van der Waals surface area contributed by atoms with Crippen LogP contribution in [0.5, 0.6) is 0 Å². The molecule has 0 bridgehead atoms. The lowest BCUT2D eigenvalue weighted by molar-refractivity contribution is 0.453. The van der Waals surface area contributed by atoms with Gasteiger partial charge in [0.15, 0.2) is 0 Å². The van der Waals surface area contributed by atoms with Crippen LogP contribution >= 0.6 is 0 Å². The van der Waals surface area contributed by atoms with Crippen molar-refractivity contribution in [2.45, 2.75) is 39.0 Å². The van der Waals surface area contributed by atoms with Crippen molar-refractivity contribution < 1.29 is 22.0 Å². The smallest absolute Gasteiger partial charge is 0.134 e. The van der Waals surface area contributed by atoms with E-state index in [4.69, 9.17) is 0 Å². The Hall–Kier alpha value is -1.91. The van der Waals surface area contributed by atoms with Crippen molar-refractivity contribution >= 4 is 0 Å². The first-order valence-electron chi connectivity index (χ1n) is 7.94. The van der Waals surface area contributed by atoms with E-state index in [-0.39, 0.29) is 17.8 Å². The summed E-state index contributed by atoms with van der Waals surface area (Å²) in [5, 5.41) is 0. The highest BCUT2D eigenvalue weighted by molar-refractivity contribution is 5.66. The fourth-order valence-corrected chi connectivity index (χ4v) is 2.61. The average molecular weight is 342 g/mol. The molecule has 0 aromatic heterocycles. The summed E-state index contributed by atoms with van der Waals surface area (Å²) in [5.41, 5.74) is -0.319. The van der Waals surface area contributed by atoms with Gasteiger partial charge in [0.2, 0.25) is 0 Å². The van der Waals surface area contributed by atoms with Gasteiger partial charge in [-0.1, -0.05) is 12.8 Å². The van der Waals surface area contributed by atoms with Crippen LogP contribution < -0.4 is 0 Å². The van der Waals surface area contributed by atoms with Crippen molar-refractivity contribution in [3.63, 3.8) is 0 Å². The molecule has 0 fully saturated rings. The minimum atomic E-state index is -0.851. The van der Waals surface area contributed by atoms with Crippen LogP contribution in [0.2, 0.25) is 0 Å². The molecule has 0 atom stereocenters. The highest BCUT2D eigenvalue weighted by Crippen LogP contribution is 2.30. The average Bonchev–Trinajstić information content (AvgIpc) is 2.51. The van der Waals surface area contributed by atoms with E-state index in [2.05, 4.69) is 0 Å². The summed E-state index contributed by atoms with van der Waals surface area (Å²) >= 11 is 0. The van der Waals surface area contributed by atoms with Gasteiger partial charge in [0.1, 0.15) is 23.3 Å². The molecular weight excluding hydrogens is 323 g/mol. The standard InChI is InChI=1S/C19H19F5/c1-12-15(21)10-14(11-16(12)22)19-17(23)8-13(9-18(19)24)6-4-2-3-5-7-20/h8-11H,2-7H2,1H3. The summed E-state index contributed by atoms with van der Waals surface area (Å²) in [6.45, 7) is 0.898. The van der Waals surface area contributed by atoms with E-state index in [0.29, 0.717) is 24.8 Å². The van der Waals surface area contributed by atoms with Crippen LogP contribution in [-0.4, -0.2) is 6.67 Å². The second-order valence-electron chi connectivity index (χ2n) is 5.85. The molecule has 130 valence electrons. The van der Waals surface area contributed by atoms with E-state index in [1.54, 1.807) is 0 Å². The number of benzene rings is 2. The topological polar surface area (TPSA) is 0 Å². The molecule has 2 aromatic carbocycles. The molecular formula is C19H19F5. The Morgan fingerprint density at radius 2 is 1.25 bits per heavy atom. The molecule has 0 aliphatic heterocycles. The van der Waals surface area contributed by atoms with Crippen molar-refractivity contribution in [3.8, 4) is 11.1 Å². The molecule has 0 aliphatic carbocycles. The fraction of sp³-hybridized carbons (Fsp3) is 0.368. The third kappa shape index (κ3) is 4.34. The molecule has 0 aliphatic rings. The van der Waals surface area contributed by atoms with E-state index in [1.807, 2.05) is 0 Å². The first-order chi connectivity index (χ1) is 11.4. The van der Waals surface area contributed by atoms with E-state index in [0.717, 1.165) is 25.0 Å². The van der Waals surface area contributed by atoms with E-state index in [1.165, 1.54) is 19.1 Å². The molecule has 0 nitrogen and oxygen atoms in total. The van der Waals surface area contributed by atoms with Crippen LogP contribution in [0.3, 0.4) is 0 Å². The van der Waals surface area contributed by atoms with Gasteiger partial charge in [-0.3, -0.25) is 4.39 Å². The highest BCUT2D eigenvalue weighted by Gasteiger charge is 2.16. The normalized spacial score (nSPS) is 11.1. The summed E-state index contributed by atoms with van der Waals surface area (Å²) in [5.74, 6) is -3.39. The van der Waals surface area contributed by atoms with Gasteiger partial charge in [-0.05, 0) is 61.6 Å². The van der Waals surface area contributed by atoms with Crippen LogP contribution in [0.25, 0.3) is 11.1 Å². The first-order valence-corrected chi connectivity index (χ1v) is 7.94. The molecule has 5 heteroatoms. The second-order valence-corrected chi connectivity index (χ2v) is 5.85. The van der Waals surface area contributed by atoms with Gasteiger partial charge in [0.05, 0.1) is 12.2 Å². The van der Waals surface area contributed by atoms with Gasteiger partial charge in [0, 0.05) is 5.56 Å². The number of unbranched alkanes of at least 4 members (excludes halogenated alkanes) is 3. The van der Waals surface area contributed by atoms with Crippen LogP contribution in [0.1, 0.15) is 36.8 Å². The molecule has 24 heavy (non-hydrogen) atoms. The van der Waals surface area contributed by atoms with Crippen LogP contribution in [-0.2, 0) is 6.42 Å². The highest BCUT2D eigenvalue weighted by atomic mass is 19.1. The minimum Gasteiger partial charge on any atom is -0.251 e. The molecule has 0 saturated heterocycles. The zero-order valence-electron chi connectivity index (χ0n) is 13.4. The maximum absolute atomic E-state index is 14.3. The summed E-state index contributed by atoms with van der Waals surface area (Å²) in [6.07, 6.45) is 3.18. The Balaban J connectivity index is 2.21. The predicted octanol–water partition coefficient (Wildman–Crippen LogP) is 6.29. The van der Waals surface area contributed by atoms with E-state index in [9.17, 15) is 22.0 Å². The molecule has 2 aromatic rings. The Labute approximate surface area is 138 Å². The third-order valence-corrected chi connectivity index (χ3v) is 4.02. The molecule has 0 radical (unpaired) electrons. The maximum atomic E-state index is 14.3. The summed E-state index contributed by atoms with van der Waals surface area (Å²) in [7, 11) is 0. The van der Waals surface area contributed by atoms with Gasteiger partial charge >= 0.3 is 0 Å². The summed E-state index contributed by atoms with van der Waals surface area (Å²) in [6, 6.07) is 4.22. The van der Waals surface area contributed by atoms with Gasteiger partial charge in [-0.25, -0.2) is 17.6 Å². The van der Waals surface area contributed by atoms with Gasteiger partial charge in [-0.15, -0.1) is 0 Å². The van der Waals surface area contributed by atoms with Crippen molar-refractivity contribution in [1.82, 2.24) is 0 Å². The minimum absolute atomic E-state index is 0.167. The lowest BCUT2D eigenvalue weighted by Crippen LogP contribution is -1.98. The largest absolute Gasteiger partial charge is 0.251 e. The lowest BCUT2D eigenvalue weighted by atomic mass is 9.98. The maximum Gasteiger partial charge on any atom is 0.134 e. The van der Waals surface area contributed by atoms with Crippen molar-refractivity contribution in [3.05, 3.63) is 58.7 Å². The van der Waals surface area contributed by atoms with Crippen LogP contribution in [0, 0.1) is 30.2 Å². The quantitative estimate of drug-likeness (QED) is 0.410. The number of hydrogen-bond acceptors (Lipinski definition) is 0. The zero-order chi connectivity index (χ0) is 17.7. The molecule has 0 N–H and O–H groups in total. The summed E-state index contributed by atoms with van der Waals surface area (Å²) < 4.78 is 67.7. The first kappa shape index (κ1) is 18.4.